The fourth-order valence-corrected chi connectivity index (χ4v) is 1.71. The Labute approximate surface area is 80.8 Å². The zero-order valence-corrected chi connectivity index (χ0v) is 8.67. The quantitative estimate of drug-likeness (QED) is 0.442. The zero-order chi connectivity index (χ0) is 9.90. The molecule has 0 fully saturated rings. The number of rotatable bonds is 1. The molecule has 0 saturated carbocycles. The molecule has 0 bridgehead atoms. The third kappa shape index (κ3) is 2.45. The van der Waals surface area contributed by atoms with Crippen LogP contribution >= 0.6 is 0 Å². The molecule has 70 valence electrons. The summed E-state index contributed by atoms with van der Waals surface area (Å²) in [7, 11) is 0. The minimum atomic E-state index is 0.312. The fourth-order valence-electron chi connectivity index (χ4n) is 1.71. The van der Waals surface area contributed by atoms with Crippen LogP contribution in [0.5, 0.6) is 0 Å². The average molecular weight is 175 g/mol. The van der Waals surface area contributed by atoms with E-state index in [1.165, 1.54) is 12.8 Å². The van der Waals surface area contributed by atoms with E-state index in [0.29, 0.717) is 11.3 Å². The van der Waals surface area contributed by atoms with E-state index in [1.54, 1.807) is 0 Å². The average Bonchev–Trinajstić information content (AvgIpc) is 2.08. The maximum Gasteiger partial charge on any atom is 0.0940 e. The van der Waals surface area contributed by atoms with Gasteiger partial charge in [-0.15, -0.1) is 0 Å². The van der Waals surface area contributed by atoms with Crippen molar-refractivity contribution >= 4 is 0 Å². The van der Waals surface area contributed by atoms with Gasteiger partial charge < -0.3 is 0 Å². The van der Waals surface area contributed by atoms with Gasteiger partial charge in [0.2, 0.25) is 0 Å². The number of hydrogen-bond donors (Lipinski definition) is 0. The Kier molecular flexibility index (Phi) is 2.93. The Balaban J connectivity index is 2.85. The molecule has 0 spiro atoms. The summed E-state index contributed by atoms with van der Waals surface area (Å²) in [5, 5.41) is 8.69. The maximum absolute atomic E-state index is 8.69. The van der Waals surface area contributed by atoms with Gasteiger partial charge in [-0.2, -0.15) is 5.26 Å². The van der Waals surface area contributed by atoms with E-state index in [2.05, 4.69) is 38.1 Å². The second kappa shape index (κ2) is 3.79. The molecule has 0 aliphatic heterocycles. The topological polar surface area (TPSA) is 23.8 Å². The summed E-state index contributed by atoms with van der Waals surface area (Å²) in [6, 6.07) is 2.18. The van der Waals surface area contributed by atoms with Crippen molar-refractivity contribution in [2.75, 3.05) is 0 Å². The van der Waals surface area contributed by atoms with Crippen LogP contribution in [-0.4, -0.2) is 0 Å². The van der Waals surface area contributed by atoms with E-state index in [1.807, 2.05) is 6.92 Å². The molecule has 1 nitrogen and oxygen atoms in total. The number of nitrogens with zero attached hydrogens (tertiary/aromatic N) is 1. The molecule has 1 heteroatoms. The lowest BCUT2D eigenvalue weighted by Gasteiger charge is -2.33. The third-order valence-corrected chi connectivity index (χ3v) is 2.81. The molecular weight excluding hydrogens is 158 g/mol. The molecule has 0 amide bonds. The van der Waals surface area contributed by atoms with Crippen molar-refractivity contribution in [2.45, 2.75) is 33.6 Å². The van der Waals surface area contributed by atoms with E-state index in [4.69, 9.17) is 5.26 Å². The van der Waals surface area contributed by atoms with Crippen LogP contribution in [0.4, 0.5) is 0 Å². The van der Waals surface area contributed by atoms with Crippen LogP contribution in [0.15, 0.2) is 23.8 Å². The molecule has 0 aromatic carbocycles. The predicted molar refractivity (Wildman–Crippen MR) is 55.0 cm³/mol. The number of nitriles is 1. The molecule has 0 aromatic heterocycles. The Hall–Kier alpha value is -1.03. The summed E-state index contributed by atoms with van der Waals surface area (Å²) in [6.45, 7) is 6.41. The van der Waals surface area contributed by atoms with E-state index in [9.17, 15) is 0 Å². The maximum atomic E-state index is 8.69. The third-order valence-electron chi connectivity index (χ3n) is 2.81. The molecule has 1 unspecified atom stereocenters. The van der Waals surface area contributed by atoms with Gasteiger partial charge in [0.15, 0.2) is 0 Å². The highest BCUT2D eigenvalue weighted by Crippen LogP contribution is 2.37. The Morgan fingerprint density at radius 3 is 2.85 bits per heavy atom. The van der Waals surface area contributed by atoms with Crippen LogP contribution in [0.3, 0.4) is 0 Å². The van der Waals surface area contributed by atoms with E-state index >= 15 is 0 Å². The van der Waals surface area contributed by atoms with Crippen LogP contribution < -0.4 is 0 Å². The largest absolute Gasteiger partial charge is 0.193 e. The van der Waals surface area contributed by atoms with Gasteiger partial charge in [-0.3, -0.25) is 0 Å². The Morgan fingerprint density at radius 1 is 1.62 bits per heavy atom. The minimum absolute atomic E-state index is 0.312. The lowest BCUT2D eigenvalue weighted by Crippen LogP contribution is -2.23. The van der Waals surface area contributed by atoms with E-state index < -0.39 is 0 Å². The van der Waals surface area contributed by atoms with Crippen molar-refractivity contribution in [3.05, 3.63) is 23.8 Å². The van der Waals surface area contributed by atoms with Crippen LogP contribution in [-0.2, 0) is 0 Å². The summed E-state index contributed by atoms with van der Waals surface area (Å²) in [5.74, 6) is 0.431. The Morgan fingerprint density at radius 2 is 2.31 bits per heavy atom. The van der Waals surface area contributed by atoms with Crippen molar-refractivity contribution in [3.8, 4) is 6.07 Å². The normalized spacial score (nSPS) is 26.9. The second-order valence-corrected chi connectivity index (χ2v) is 4.44. The number of allylic oxidation sites excluding steroid dienone is 4. The SMILES string of the molecule is CC(C#N)=CC1C=CCCC1(C)C. The van der Waals surface area contributed by atoms with Gasteiger partial charge in [0.25, 0.3) is 0 Å². The lowest BCUT2D eigenvalue weighted by molar-refractivity contribution is 0.267. The van der Waals surface area contributed by atoms with E-state index in [0.717, 1.165) is 5.57 Å². The standard InChI is InChI=1S/C12H17N/c1-10(9-13)8-11-6-4-5-7-12(11,2)3/h4,6,8,11H,5,7H2,1-3H3. The highest BCUT2D eigenvalue weighted by atomic mass is 14.3. The summed E-state index contributed by atoms with van der Waals surface area (Å²) in [5.41, 5.74) is 1.14. The molecular formula is C12H17N. The van der Waals surface area contributed by atoms with Gasteiger partial charge in [0.1, 0.15) is 0 Å². The zero-order valence-electron chi connectivity index (χ0n) is 8.67. The summed E-state index contributed by atoms with van der Waals surface area (Å²) < 4.78 is 0. The molecule has 13 heavy (non-hydrogen) atoms. The second-order valence-electron chi connectivity index (χ2n) is 4.44. The first kappa shape index (κ1) is 10.1. The van der Waals surface area contributed by atoms with Crippen LogP contribution in [0.2, 0.25) is 0 Å². The summed E-state index contributed by atoms with van der Waals surface area (Å²) in [6.07, 6.45) is 8.91. The smallest absolute Gasteiger partial charge is 0.0940 e. The molecule has 1 aliphatic carbocycles. The van der Waals surface area contributed by atoms with Gasteiger partial charge in [0.05, 0.1) is 6.07 Å². The molecule has 1 atom stereocenters. The minimum Gasteiger partial charge on any atom is -0.193 e. The highest BCUT2D eigenvalue weighted by Gasteiger charge is 2.27. The van der Waals surface area contributed by atoms with Crippen molar-refractivity contribution < 1.29 is 0 Å². The first-order valence-corrected chi connectivity index (χ1v) is 4.81. The lowest BCUT2D eigenvalue weighted by atomic mass is 9.72. The van der Waals surface area contributed by atoms with Crippen molar-refractivity contribution in [1.82, 2.24) is 0 Å². The molecule has 1 rings (SSSR count). The molecule has 0 heterocycles. The molecule has 1 aliphatic rings. The summed E-state index contributed by atoms with van der Waals surface area (Å²) >= 11 is 0. The molecule has 0 saturated heterocycles. The van der Waals surface area contributed by atoms with Gasteiger partial charge in [-0.1, -0.05) is 32.1 Å². The van der Waals surface area contributed by atoms with Gasteiger partial charge >= 0.3 is 0 Å². The number of hydrogen-bond acceptors (Lipinski definition) is 1. The molecule has 0 radical (unpaired) electrons. The van der Waals surface area contributed by atoms with Gasteiger partial charge in [-0.25, -0.2) is 0 Å². The van der Waals surface area contributed by atoms with Crippen molar-refractivity contribution in [1.29, 1.82) is 5.26 Å². The monoisotopic (exact) mass is 175 g/mol. The summed E-state index contributed by atoms with van der Waals surface area (Å²) in [4.78, 5) is 0. The first-order chi connectivity index (χ1) is 6.06. The predicted octanol–water partition coefficient (Wildman–Crippen LogP) is 3.45. The highest BCUT2D eigenvalue weighted by molar-refractivity contribution is 5.23. The first-order valence-electron chi connectivity index (χ1n) is 4.81. The van der Waals surface area contributed by atoms with Crippen LogP contribution in [0, 0.1) is 22.7 Å². The van der Waals surface area contributed by atoms with Crippen LogP contribution in [0.25, 0.3) is 0 Å². The Bertz CT molecular complexity index is 276. The van der Waals surface area contributed by atoms with Crippen molar-refractivity contribution in [3.63, 3.8) is 0 Å². The molecule has 0 N–H and O–H groups in total. The van der Waals surface area contributed by atoms with Gasteiger partial charge in [0, 0.05) is 11.5 Å². The van der Waals surface area contributed by atoms with Crippen LogP contribution in [0.1, 0.15) is 33.6 Å². The van der Waals surface area contributed by atoms with E-state index in [-0.39, 0.29) is 0 Å². The fraction of sp³-hybridized carbons (Fsp3) is 0.583. The molecule has 0 aromatic rings. The van der Waals surface area contributed by atoms with Crippen molar-refractivity contribution in [2.24, 2.45) is 11.3 Å². The van der Waals surface area contributed by atoms with Gasteiger partial charge in [-0.05, 0) is 25.2 Å².